The summed E-state index contributed by atoms with van der Waals surface area (Å²) in [6, 6.07) is 10.5. The van der Waals surface area contributed by atoms with E-state index in [1.165, 1.54) is 5.56 Å². The molecule has 35 heavy (non-hydrogen) atoms. The standard InChI is InChI=1S/C27H35N5O3/c1-18(2)32-26-23(15-29-32)22(14-24(30-26)20-6-4-19(3)5-7-20)27(33)28-16-25(21-8-11-35-17-21)31-9-12-34-13-10-31/h4-7,14-15,18,21,25H,8-13,16-17H2,1-3H3,(H,28,33). The van der Waals surface area contributed by atoms with Crippen molar-refractivity contribution < 1.29 is 14.3 Å². The first-order valence-corrected chi connectivity index (χ1v) is 12.6. The van der Waals surface area contributed by atoms with Crippen molar-refractivity contribution in [2.75, 3.05) is 46.1 Å². The molecule has 0 aliphatic carbocycles. The summed E-state index contributed by atoms with van der Waals surface area (Å²) in [6.07, 6.45) is 2.79. The fraction of sp³-hybridized carbons (Fsp3) is 0.519. The van der Waals surface area contributed by atoms with Crippen molar-refractivity contribution in [1.29, 1.82) is 0 Å². The van der Waals surface area contributed by atoms with Crippen molar-refractivity contribution in [3.63, 3.8) is 0 Å². The van der Waals surface area contributed by atoms with Crippen molar-refractivity contribution in [1.82, 2.24) is 25.0 Å². The van der Waals surface area contributed by atoms with Gasteiger partial charge in [-0.2, -0.15) is 5.10 Å². The Morgan fingerprint density at radius 3 is 2.60 bits per heavy atom. The van der Waals surface area contributed by atoms with Gasteiger partial charge in [0.15, 0.2) is 5.65 Å². The van der Waals surface area contributed by atoms with Gasteiger partial charge in [-0.1, -0.05) is 29.8 Å². The molecule has 8 nitrogen and oxygen atoms in total. The van der Waals surface area contributed by atoms with Gasteiger partial charge in [0.25, 0.3) is 5.91 Å². The molecule has 0 radical (unpaired) electrons. The molecule has 2 aromatic heterocycles. The predicted octanol–water partition coefficient (Wildman–Crippen LogP) is 3.45. The number of rotatable bonds is 7. The van der Waals surface area contributed by atoms with E-state index in [1.807, 2.05) is 10.7 Å². The predicted molar refractivity (Wildman–Crippen MR) is 136 cm³/mol. The fourth-order valence-corrected chi connectivity index (χ4v) is 5.11. The number of nitrogens with one attached hydrogen (secondary N) is 1. The second kappa shape index (κ2) is 10.4. The van der Waals surface area contributed by atoms with E-state index in [1.54, 1.807) is 6.20 Å². The molecule has 5 rings (SSSR count). The van der Waals surface area contributed by atoms with Crippen LogP contribution in [0.4, 0.5) is 0 Å². The molecule has 2 saturated heterocycles. The molecule has 2 aliphatic rings. The van der Waals surface area contributed by atoms with E-state index in [0.29, 0.717) is 18.0 Å². The number of nitrogens with zero attached hydrogens (tertiary/aromatic N) is 4. The van der Waals surface area contributed by atoms with Crippen LogP contribution in [0.3, 0.4) is 0 Å². The monoisotopic (exact) mass is 477 g/mol. The Bertz CT molecular complexity index is 1160. The Kier molecular flexibility index (Phi) is 7.13. The zero-order chi connectivity index (χ0) is 24.4. The Balaban J connectivity index is 1.45. The van der Waals surface area contributed by atoms with Gasteiger partial charge in [0.2, 0.25) is 0 Å². The lowest BCUT2D eigenvalue weighted by atomic mass is 9.96. The Morgan fingerprint density at radius 1 is 1.14 bits per heavy atom. The van der Waals surface area contributed by atoms with Crippen LogP contribution in [0.5, 0.6) is 0 Å². The van der Waals surface area contributed by atoms with Gasteiger partial charge in [-0.3, -0.25) is 9.69 Å². The number of carbonyl (C=O) groups excluding carboxylic acids is 1. The molecule has 186 valence electrons. The van der Waals surface area contributed by atoms with Crippen LogP contribution in [0.15, 0.2) is 36.5 Å². The van der Waals surface area contributed by atoms with Crippen LogP contribution in [0, 0.1) is 12.8 Å². The van der Waals surface area contributed by atoms with Gasteiger partial charge < -0.3 is 14.8 Å². The number of hydrogen-bond acceptors (Lipinski definition) is 6. The highest BCUT2D eigenvalue weighted by atomic mass is 16.5. The molecule has 3 aromatic rings. The molecule has 8 heteroatoms. The zero-order valence-electron chi connectivity index (χ0n) is 20.9. The van der Waals surface area contributed by atoms with Crippen molar-refractivity contribution in [2.45, 2.75) is 39.3 Å². The maximum atomic E-state index is 13.6. The van der Waals surface area contributed by atoms with Gasteiger partial charge in [0, 0.05) is 49.8 Å². The minimum Gasteiger partial charge on any atom is -0.381 e. The number of aromatic nitrogens is 3. The Hall–Kier alpha value is -2.81. The van der Waals surface area contributed by atoms with Gasteiger partial charge in [0.1, 0.15) is 0 Å². The third-order valence-electron chi connectivity index (χ3n) is 7.14. The second-order valence-corrected chi connectivity index (χ2v) is 9.89. The number of amides is 1. The van der Waals surface area contributed by atoms with E-state index < -0.39 is 0 Å². The highest BCUT2D eigenvalue weighted by Crippen LogP contribution is 2.27. The minimum absolute atomic E-state index is 0.0914. The number of fused-ring (bicyclic) bond motifs is 1. The highest BCUT2D eigenvalue weighted by Gasteiger charge is 2.32. The first-order chi connectivity index (χ1) is 17.0. The Labute approximate surface area is 206 Å². The van der Waals surface area contributed by atoms with Gasteiger partial charge in [-0.25, -0.2) is 9.67 Å². The number of morpholine rings is 1. The molecule has 1 amide bonds. The molecule has 0 bridgehead atoms. The maximum absolute atomic E-state index is 13.6. The lowest BCUT2D eigenvalue weighted by Crippen LogP contribution is -2.52. The van der Waals surface area contributed by atoms with Gasteiger partial charge >= 0.3 is 0 Å². The molecular formula is C27H35N5O3. The van der Waals surface area contributed by atoms with Gasteiger partial charge in [-0.15, -0.1) is 0 Å². The van der Waals surface area contributed by atoms with Crippen LogP contribution in [-0.4, -0.2) is 77.7 Å². The van der Waals surface area contributed by atoms with E-state index in [2.05, 4.69) is 60.4 Å². The summed E-state index contributed by atoms with van der Waals surface area (Å²) in [5.74, 6) is 0.323. The summed E-state index contributed by atoms with van der Waals surface area (Å²) in [4.78, 5) is 21.0. The second-order valence-electron chi connectivity index (χ2n) is 9.89. The lowest BCUT2D eigenvalue weighted by Gasteiger charge is -2.37. The summed E-state index contributed by atoms with van der Waals surface area (Å²) in [7, 11) is 0. The summed E-state index contributed by atoms with van der Waals surface area (Å²) in [5, 5.41) is 8.58. The fourth-order valence-electron chi connectivity index (χ4n) is 5.11. The summed E-state index contributed by atoms with van der Waals surface area (Å²) >= 11 is 0. The van der Waals surface area contributed by atoms with Crippen LogP contribution >= 0.6 is 0 Å². The van der Waals surface area contributed by atoms with Crippen LogP contribution in [0.25, 0.3) is 22.3 Å². The number of pyridine rings is 1. The molecule has 4 heterocycles. The number of aryl methyl sites for hydroxylation is 1. The molecule has 1 aromatic carbocycles. The number of ether oxygens (including phenoxy) is 2. The Morgan fingerprint density at radius 2 is 1.91 bits per heavy atom. The first kappa shape index (κ1) is 23.9. The van der Waals surface area contributed by atoms with Gasteiger partial charge in [0.05, 0.1) is 42.7 Å². The summed E-state index contributed by atoms with van der Waals surface area (Å²) in [6.45, 7) is 11.6. The molecule has 1 N–H and O–H groups in total. The van der Waals surface area contributed by atoms with Crippen molar-refractivity contribution in [3.05, 3.63) is 47.7 Å². The molecule has 0 saturated carbocycles. The lowest BCUT2D eigenvalue weighted by molar-refractivity contribution is 0.00167. The molecule has 2 fully saturated rings. The smallest absolute Gasteiger partial charge is 0.252 e. The maximum Gasteiger partial charge on any atom is 0.252 e. The zero-order valence-corrected chi connectivity index (χ0v) is 20.9. The average molecular weight is 478 g/mol. The third-order valence-corrected chi connectivity index (χ3v) is 7.14. The van der Waals surface area contributed by atoms with E-state index in [-0.39, 0.29) is 18.0 Å². The van der Waals surface area contributed by atoms with E-state index >= 15 is 0 Å². The van der Waals surface area contributed by atoms with Crippen LogP contribution in [-0.2, 0) is 9.47 Å². The van der Waals surface area contributed by atoms with Crippen molar-refractivity contribution in [2.24, 2.45) is 5.92 Å². The molecular weight excluding hydrogens is 442 g/mol. The molecule has 2 unspecified atom stereocenters. The normalized spacial score (nSPS) is 19.9. The largest absolute Gasteiger partial charge is 0.381 e. The molecule has 2 aliphatic heterocycles. The van der Waals surface area contributed by atoms with E-state index in [9.17, 15) is 4.79 Å². The van der Waals surface area contributed by atoms with Crippen molar-refractivity contribution >= 4 is 16.9 Å². The summed E-state index contributed by atoms with van der Waals surface area (Å²) in [5.41, 5.74) is 4.29. The quantitative estimate of drug-likeness (QED) is 0.561. The van der Waals surface area contributed by atoms with Crippen LogP contribution < -0.4 is 5.32 Å². The summed E-state index contributed by atoms with van der Waals surface area (Å²) < 4.78 is 13.1. The molecule has 0 spiro atoms. The van der Waals surface area contributed by atoms with Crippen LogP contribution in [0.1, 0.15) is 42.2 Å². The number of hydrogen-bond donors (Lipinski definition) is 1. The number of carbonyl (C=O) groups is 1. The third kappa shape index (κ3) is 5.10. The van der Waals surface area contributed by atoms with E-state index in [0.717, 1.165) is 68.2 Å². The molecule has 2 atom stereocenters. The van der Waals surface area contributed by atoms with E-state index in [4.69, 9.17) is 14.5 Å². The highest BCUT2D eigenvalue weighted by molar-refractivity contribution is 6.06. The minimum atomic E-state index is -0.0914. The topological polar surface area (TPSA) is 81.5 Å². The van der Waals surface area contributed by atoms with Crippen molar-refractivity contribution in [3.8, 4) is 11.3 Å². The number of benzene rings is 1. The average Bonchev–Trinajstić information content (AvgIpc) is 3.55. The SMILES string of the molecule is Cc1ccc(-c2cc(C(=O)NCC(C3CCOC3)N3CCOCC3)c3cnn(C(C)C)c3n2)cc1. The van der Waals surface area contributed by atoms with Gasteiger partial charge in [-0.05, 0) is 33.3 Å². The van der Waals surface area contributed by atoms with Crippen LogP contribution in [0.2, 0.25) is 0 Å². The first-order valence-electron chi connectivity index (χ1n) is 12.6.